The standard InChI is InChI=1S/C20H28Br2ClN3O2/c1-2-3-7-26-8-4-12(5-9-26)14(11-26)25-19(27)15-16-13(6-10-28-16)18(24)20(22,23)17(15)21/h12,14,17H,2-11H2,1H3,(H2-,24,25,27)/p+1/t12?,14-,17?,20?,26?/m1/s1. The van der Waals surface area contributed by atoms with Gasteiger partial charge in [-0.1, -0.05) is 56.8 Å². The molecule has 0 aromatic carbocycles. The Balaban J connectivity index is 1.56. The van der Waals surface area contributed by atoms with E-state index in [-0.39, 0.29) is 11.9 Å². The molecule has 2 bridgehead atoms. The summed E-state index contributed by atoms with van der Waals surface area (Å²) >= 11 is 13.8. The molecule has 5 nitrogen and oxygen atoms in total. The minimum atomic E-state index is -1.02. The highest BCUT2D eigenvalue weighted by molar-refractivity contribution is 9.13. The Labute approximate surface area is 188 Å². The molecule has 8 heteroatoms. The highest BCUT2D eigenvalue weighted by Gasteiger charge is 2.51. The number of nitrogens with one attached hydrogen (secondary N) is 1. The van der Waals surface area contributed by atoms with Crippen LogP contribution in [0.5, 0.6) is 0 Å². The van der Waals surface area contributed by atoms with Gasteiger partial charge in [-0.05, 0) is 12.3 Å². The van der Waals surface area contributed by atoms with Crippen molar-refractivity contribution in [1.82, 2.24) is 5.32 Å². The van der Waals surface area contributed by atoms with Gasteiger partial charge in [0.15, 0.2) is 3.78 Å². The summed E-state index contributed by atoms with van der Waals surface area (Å²) in [6.45, 7) is 7.56. The number of quaternary nitrogens is 1. The van der Waals surface area contributed by atoms with E-state index in [0.29, 0.717) is 36.0 Å². The van der Waals surface area contributed by atoms with E-state index in [1.807, 2.05) is 0 Å². The van der Waals surface area contributed by atoms with Crippen LogP contribution in [0.2, 0.25) is 0 Å². The van der Waals surface area contributed by atoms with Gasteiger partial charge >= 0.3 is 0 Å². The van der Waals surface area contributed by atoms with Crippen LogP contribution < -0.4 is 11.1 Å². The summed E-state index contributed by atoms with van der Waals surface area (Å²) < 4.78 is 5.96. The summed E-state index contributed by atoms with van der Waals surface area (Å²) in [5.74, 6) is 1.10. The number of ether oxygens (including phenoxy) is 1. The number of carbonyl (C=O) groups excluding carboxylic acids is 1. The van der Waals surface area contributed by atoms with Crippen molar-refractivity contribution in [1.29, 1.82) is 0 Å². The lowest BCUT2D eigenvalue weighted by Crippen LogP contribution is -2.67. The zero-order valence-electron chi connectivity index (χ0n) is 16.3. The quantitative estimate of drug-likeness (QED) is 0.416. The van der Waals surface area contributed by atoms with Crippen molar-refractivity contribution in [2.24, 2.45) is 11.7 Å². The molecule has 28 heavy (non-hydrogen) atoms. The number of nitrogens with two attached hydrogens (primary N) is 1. The lowest BCUT2D eigenvalue weighted by molar-refractivity contribution is -0.944. The Morgan fingerprint density at radius 3 is 2.82 bits per heavy atom. The maximum atomic E-state index is 13.4. The van der Waals surface area contributed by atoms with E-state index in [1.165, 1.54) is 45.3 Å². The second kappa shape index (κ2) is 7.78. The first-order valence-corrected chi connectivity index (χ1v) is 12.4. The SMILES string of the molecule is CCCC[N+]12CCC(CC1)[C@H](NC(=O)C1=C3OCCC3=C(N)C(Cl)(Br)C1Br)C2. The van der Waals surface area contributed by atoms with E-state index >= 15 is 0 Å². The van der Waals surface area contributed by atoms with E-state index in [1.54, 1.807) is 0 Å². The molecule has 0 aromatic heterocycles. The molecule has 0 spiro atoms. The van der Waals surface area contributed by atoms with Gasteiger partial charge in [-0.15, -0.1) is 0 Å². The van der Waals surface area contributed by atoms with Crippen molar-refractivity contribution in [3.8, 4) is 0 Å². The van der Waals surface area contributed by atoms with Crippen molar-refractivity contribution in [3.05, 3.63) is 22.6 Å². The summed E-state index contributed by atoms with van der Waals surface area (Å²) in [6, 6.07) is 0.216. The molecule has 1 aliphatic carbocycles. The molecule has 1 amide bonds. The number of unbranched alkanes of at least 4 members (excludes halogenated alkanes) is 1. The Morgan fingerprint density at radius 1 is 1.43 bits per heavy atom. The fraction of sp³-hybridized carbons (Fsp3) is 0.750. The smallest absolute Gasteiger partial charge is 0.252 e. The third kappa shape index (κ3) is 3.44. The fourth-order valence-corrected chi connectivity index (χ4v) is 6.66. The number of amides is 1. The molecular weight excluding hydrogens is 510 g/mol. The first-order chi connectivity index (χ1) is 13.3. The van der Waals surface area contributed by atoms with Gasteiger partial charge in [0.25, 0.3) is 5.91 Å². The number of hydrogen-bond donors (Lipinski definition) is 2. The van der Waals surface area contributed by atoms with Gasteiger partial charge < -0.3 is 20.3 Å². The molecule has 4 saturated heterocycles. The number of halogens is 3. The number of nitrogens with zero attached hydrogens (tertiary/aromatic N) is 1. The molecular formula is C20H29Br2ClN3O2+. The van der Waals surface area contributed by atoms with Crippen molar-refractivity contribution in [3.63, 3.8) is 0 Å². The summed E-state index contributed by atoms with van der Waals surface area (Å²) in [4.78, 5) is 12.9. The third-order valence-corrected chi connectivity index (χ3v) is 10.4. The molecule has 4 fully saturated rings. The van der Waals surface area contributed by atoms with Crippen LogP contribution in [0.15, 0.2) is 22.6 Å². The number of piperidine rings is 3. The highest BCUT2D eigenvalue weighted by atomic mass is 79.9. The average molecular weight is 539 g/mol. The largest absolute Gasteiger partial charge is 0.492 e. The lowest BCUT2D eigenvalue weighted by atomic mass is 9.81. The summed E-state index contributed by atoms with van der Waals surface area (Å²) in [7, 11) is 0. The topological polar surface area (TPSA) is 64.3 Å². The van der Waals surface area contributed by atoms with Gasteiger partial charge in [0, 0.05) is 30.5 Å². The maximum absolute atomic E-state index is 13.4. The van der Waals surface area contributed by atoms with Crippen molar-refractivity contribution in [2.45, 2.75) is 53.7 Å². The normalized spacial score (nSPS) is 39.8. The van der Waals surface area contributed by atoms with Gasteiger partial charge in [-0.3, -0.25) is 4.79 Å². The van der Waals surface area contributed by atoms with Crippen LogP contribution in [0.25, 0.3) is 0 Å². The predicted molar refractivity (Wildman–Crippen MR) is 118 cm³/mol. The molecule has 5 aliphatic rings. The first kappa shape index (κ1) is 21.0. The molecule has 0 saturated carbocycles. The lowest BCUT2D eigenvalue weighted by Gasteiger charge is -2.53. The molecule has 4 aliphatic heterocycles. The number of allylic oxidation sites excluding steroid dienone is 2. The van der Waals surface area contributed by atoms with Gasteiger partial charge in [0.05, 0.1) is 49.2 Å². The number of alkyl halides is 3. The highest BCUT2D eigenvalue weighted by Crippen LogP contribution is 2.50. The second-order valence-electron chi connectivity index (χ2n) is 8.68. The van der Waals surface area contributed by atoms with E-state index < -0.39 is 8.61 Å². The maximum Gasteiger partial charge on any atom is 0.252 e. The van der Waals surface area contributed by atoms with E-state index in [9.17, 15) is 4.79 Å². The van der Waals surface area contributed by atoms with Crippen molar-refractivity contribution < 1.29 is 14.0 Å². The summed E-state index contributed by atoms with van der Waals surface area (Å²) in [5.41, 5.74) is 8.22. The number of fused-ring (bicyclic) bond motifs is 4. The number of carbonyl (C=O) groups is 1. The summed E-state index contributed by atoms with van der Waals surface area (Å²) in [6.07, 6.45) is 5.55. The fourth-order valence-electron chi connectivity index (χ4n) is 5.31. The van der Waals surface area contributed by atoms with Gasteiger partial charge in [0.1, 0.15) is 5.76 Å². The monoisotopic (exact) mass is 536 g/mol. The molecule has 156 valence electrons. The minimum absolute atomic E-state index is 0.0827. The molecule has 3 N–H and O–H groups in total. The van der Waals surface area contributed by atoms with Crippen LogP contribution in [-0.2, 0) is 9.53 Å². The van der Waals surface area contributed by atoms with Crippen LogP contribution in [0.3, 0.4) is 0 Å². The van der Waals surface area contributed by atoms with Crippen LogP contribution >= 0.6 is 43.5 Å². The zero-order chi connectivity index (χ0) is 20.1. The second-order valence-corrected chi connectivity index (χ2v) is 11.9. The van der Waals surface area contributed by atoms with Gasteiger partial charge in [-0.25, -0.2) is 0 Å². The van der Waals surface area contributed by atoms with E-state index in [4.69, 9.17) is 22.1 Å². The average Bonchev–Trinajstić information content (AvgIpc) is 3.15. The Bertz CT molecular complexity index is 729. The first-order valence-electron chi connectivity index (χ1n) is 10.3. The molecule has 2 unspecified atom stereocenters. The van der Waals surface area contributed by atoms with E-state index in [0.717, 1.165) is 16.6 Å². The zero-order valence-corrected chi connectivity index (χ0v) is 20.2. The van der Waals surface area contributed by atoms with Gasteiger partial charge in [0.2, 0.25) is 0 Å². The summed E-state index contributed by atoms with van der Waals surface area (Å²) in [5, 5.41) is 3.35. The van der Waals surface area contributed by atoms with Crippen LogP contribution in [0, 0.1) is 5.92 Å². The predicted octanol–water partition coefficient (Wildman–Crippen LogP) is 3.51. The van der Waals surface area contributed by atoms with Crippen molar-refractivity contribution >= 4 is 49.4 Å². The van der Waals surface area contributed by atoms with E-state index in [2.05, 4.69) is 44.1 Å². The molecule has 0 radical (unpaired) electrons. The molecule has 3 atom stereocenters. The van der Waals surface area contributed by atoms with Crippen LogP contribution in [-0.4, -0.2) is 57.8 Å². The van der Waals surface area contributed by atoms with Crippen LogP contribution in [0.4, 0.5) is 0 Å². The molecule has 5 rings (SSSR count). The molecule has 4 heterocycles. The van der Waals surface area contributed by atoms with Crippen molar-refractivity contribution in [2.75, 3.05) is 32.8 Å². The Kier molecular flexibility index (Phi) is 5.84. The van der Waals surface area contributed by atoms with Crippen LogP contribution in [0.1, 0.15) is 39.0 Å². The third-order valence-electron chi connectivity index (χ3n) is 7.02. The Hall–Kier alpha value is -0.240. The number of rotatable bonds is 5. The minimum Gasteiger partial charge on any atom is -0.492 e. The molecule has 0 aromatic rings. The Morgan fingerprint density at radius 2 is 2.14 bits per heavy atom. The van der Waals surface area contributed by atoms with Gasteiger partial charge in [-0.2, -0.15) is 0 Å². The number of hydrogen-bond acceptors (Lipinski definition) is 3.